The van der Waals surface area contributed by atoms with Gasteiger partial charge in [-0.25, -0.2) is 0 Å². The highest BCUT2D eigenvalue weighted by atomic mass is 16.3. The van der Waals surface area contributed by atoms with Crippen molar-refractivity contribution in [2.45, 2.75) is 45.3 Å². The number of nitrogens with one attached hydrogen (secondary N) is 1. The molecular formula is C15H21NO2. The van der Waals surface area contributed by atoms with Gasteiger partial charge in [0.1, 0.15) is 0 Å². The van der Waals surface area contributed by atoms with Gasteiger partial charge in [0.25, 0.3) is 0 Å². The van der Waals surface area contributed by atoms with Crippen LogP contribution in [-0.4, -0.2) is 11.0 Å². The number of carbonyl (C=O) groups is 1. The van der Waals surface area contributed by atoms with E-state index in [1.807, 2.05) is 24.3 Å². The molecule has 1 aromatic rings. The topological polar surface area (TPSA) is 49.3 Å². The predicted octanol–water partition coefficient (Wildman–Crippen LogP) is 2.38. The van der Waals surface area contributed by atoms with E-state index in [2.05, 4.69) is 5.32 Å². The molecule has 0 heterocycles. The molecule has 18 heavy (non-hydrogen) atoms. The van der Waals surface area contributed by atoms with E-state index < -0.39 is 0 Å². The molecule has 2 N–H and O–H groups in total. The molecule has 0 radical (unpaired) electrons. The summed E-state index contributed by atoms with van der Waals surface area (Å²) in [7, 11) is 0. The molecule has 0 aliphatic heterocycles. The molecule has 0 spiro atoms. The highest BCUT2D eigenvalue weighted by Crippen LogP contribution is 2.23. The van der Waals surface area contributed by atoms with Gasteiger partial charge >= 0.3 is 0 Å². The van der Waals surface area contributed by atoms with Crippen molar-refractivity contribution in [2.24, 2.45) is 5.92 Å². The van der Waals surface area contributed by atoms with Gasteiger partial charge in [0.05, 0.1) is 6.61 Å². The molecule has 1 aliphatic rings. The average molecular weight is 247 g/mol. The van der Waals surface area contributed by atoms with Gasteiger partial charge in [-0.3, -0.25) is 4.79 Å². The quantitative estimate of drug-likeness (QED) is 0.858. The van der Waals surface area contributed by atoms with Crippen molar-refractivity contribution in [1.29, 1.82) is 0 Å². The Hall–Kier alpha value is -1.35. The third-order valence-electron chi connectivity index (χ3n) is 3.62. The van der Waals surface area contributed by atoms with Crippen LogP contribution in [0.5, 0.6) is 0 Å². The summed E-state index contributed by atoms with van der Waals surface area (Å²) < 4.78 is 0. The van der Waals surface area contributed by atoms with Crippen LogP contribution in [0.2, 0.25) is 0 Å². The molecule has 0 aromatic heterocycles. The van der Waals surface area contributed by atoms with E-state index in [1.165, 1.54) is 19.3 Å². The van der Waals surface area contributed by atoms with Crippen molar-refractivity contribution in [3.8, 4) is 0 Å². The fourth-order valence-corrected chi connectivity index (χ4v) is 2.54. The van der Waals surface area contributed by atoms with Crippen molar-refractivity contribution < 1.29 is 9.90 Å². The zero-order chi connectivity index (χ0) is 12.8. The van der Waals surface area contributed by atoms with Crippen molar-refractivity contribution >= 4 is 5.91 Å². The van der Waals surface area contributed by atoms with Gasteiger partial charge < -0.3 is 10.4 Å². The van der Waals surface area contributed by atoms with Crippen LogP contribution in [0.3, 0.4) is 0 Å². The number of hydrogen-bond donors (Lipinski definition) is 2. The molecule has 0 bridgehead atoms. The Balaban J connectivity index is 1.84. The monoisotopic (exact) mass is 247 g/mol. The first kappa shape index (κ1) is 13.1. The number of rotatable bonds is 4. The van der Waals surface area contributed by atoms with Gasteiger partial charge in [-0.1, -0.05) is 43.5 Å². The second-order valence-corrected chi connectivity index (χ2v) is 5.03. The summed E-state index contributed by atoms with van der Waals surface area (Å²) in [5.74, 6) is 0.392. The van der Waals surface area contributed by atoms with Crippen molar-refractivity contribution in [2.75, 3.05) is 0 Å². The molecule has 0 atom stereocenters. The van der Waals surface area contributed by atoms with Gasteiger partial charge in [-0.05, 0) is 24.0 Å². The minimum atomic E-state index is 0.0460. The summed E-state index contributed by atoms with van der Waals surface area (Å²) in [5, 5.41) is 12.1. The van der Waals surface area contributed by atoms with E-state index in [1.54, 1.807) is 0 Å². The van der Waals surface area contributed by atoms with Crippen LogP contribution in [0.15, 0.2) is 24.3 Å². The van der Waals surface area contributed by atoms with E-state index in [4.69, 9.17) is 5.11 Å². The van der Waals surface area contributed by atoms with E-state index in [-0.39, 0.29) is 18.4 Å². The van der Waals surface area contributed by atoms with Crippen molar-refractivity contribution in [3.63, 3.8) is 0 Å². The minimum absolute atomic E-state index is 0.0460. The summed E-state index contributed by atoms with van der Waals surface area (Å²) in [6.45, 7) is 0.605. The van der Waals surface area contributed by atoms with Gasteiger partial charge in [-0.2, -0.15) is 0 Å². The van der Waals surface area contributed by atoms with Gasteiger partial charge in [0.2, 0.25) is 5.91 Å². The summed E-state index contributed by atoms with van der Waals surface area (Å²) in [6.07, 6.45) is 5.68. The summed E-state index contributed by atoms with van der Waals surface area (Å²) >= 11 is 0. The van der Waals surface area contributed by atoms with Gasteiger partial charge in [0, 0.05) is 12.5 Å². The molecule has 0 saturated heterocycles. The lowest BCUT2D eigenvalue weighted by atomic mass is 9.88. The Morgan fingerprint density at radius 1 is 1.22 bits per heavy atom. The first-order valence-electron chi connectivity index (χ1n) is 6.76. The number of hydrogen-bond acceptors (Lipinski definition) is 2. The minimum Gasteiger partial charge on any atom is -0.392 e. The standard InChI is InChI=1S/C15H21NO2/c17-11-13-6-4-5-12(9-13)10-16-15(18)14-7-2-1-3-8-14/h4-6,9,14,17H,1-3,7-8,10-11H2,(H,16,18). The number of aliphatic hydroxyl groups is 1. The maximum absolute atomic E-state index is 12.0. The Bertz CT molecular complexity index is 397. The molecule has 0 unspecified atom stereocenters. The van der Waals surface area contributed by atoms with Crippen LogP contribution >= 0.6 is 0 Å². The Morgan fingerprint density at radius 2 is 1.94 bits per heavy atom. The lowest BCUT2D eigenvalue weighted by molar-refractivity contribution is -0.126. The van der Waals surface area contributed by atoms with Crippen LogP contribution in [-0.2, 0) is 17.9 Å². The summed E-state index contributed by atoms with van der Waals surface area (Å²) in [6, 6.07) is 7.70. The molecular weight excluding hydrogens is 226 g/mol. The largest absolute Gasteiger partial charge is 0.392 e. The molecule has 1 fully saturated rings. The maximum Gasteiger partial charge on any atom is 0.223 e. The highest BCUT2D eigenvalue weighted by molar-refractivity contribution is 5.78. The number of carbonyl (C=O) groups excluding carboxylic acids is 1. The third-order valence-corrected chi connectivity index (χ3v) is 3.62. The fourth-order valence-electron chi connectivity index (χ4n) is 2.54. The highest BCUT2D eigenvalue weighted by Gasteiger charge is 2.20. The first-order valence-corrected chi connectivity index (χ1v) is 6.76. The molecule has 2 rings (SSSR count). The summed E-state index contributed by atoms with van der Waals surface area (Å²) in [5.41, 5.74) is 1.94. The zero-order valence-corrected chi connectivity index (χ0v) is 10.7. The smallest absolute Gasteiger partial charge is 0.223 e. The van der Waals surface area contributed by atoms with E-state index >= 15 is 0 Å². The maximum atomic E-state index is 12.0. The number of benzene rings is 1. The zero-order valence-electron chi connectivity index (χ0n) is 10.7. The molecule has 1 aromatic carbocycles. The molecule has 1 aliphatic carbocycles. The second-order valence-electron chi connectivity index (χ2n) is 5.03. The lowest BCUT2D eigenvalue weighted by Gasteiger charge is -2.20. The molecule has 98 valence electrons. The normalized spacial score (nSPS) is 16.5. The van der Waals surface area contributed by atoms with Gasteiger partial charge in [-0.15, -0.1) is 0 Å². The summed E-state index contributed by atoms with van der Waals surface area (Å²) in [4.78, 5) is 12.0. The molecule has 3 nitrogen and oxygen atoms in total. The Morgan fingerprint density at radius 3 is 2.67 bits per heavy atom. The number of amides is 1. The van der Waals surface area contributed by atoms with Crippen LogP contribution < -0.4 is 5.32 Å². The average Bonchev–Trinajstić information content (AvgIpc) is 2.46. The Kier molecular flexibility index (Phi) is 4.76. The van der Waals surface area contributed by atoms with Crippen LogP contribution in [0, 0.1) is 5.92 Å². The first-order chi connectivity index (χ1) is 8.79. The SMILES string of the molecule is O=C(NCc1cccc(CO)c1)C1CCCCC1. The second kappa shape index (κ2) is 6.55. The molecule has 1 saturated carbocycles. The van der Waals surface area contributed by atoms with Crippen LogP contribution in [0.25, 0.3) is 0 Å². The van der Waals surface area contributed by atoms with Crippen LogP contribution in [0.1, 0.15) is 43.2 Å². The fraction of sp³-hybridized carbons (Fsp3) is 0.533. The van der Waals surface area contributed by atoms with Crippen LogP contribution in [0.4, 0.5) is 0 Å². The predicted molar refractivity (Wildman–Crippen MR) is 70.8 cm³/mol. The molecule has 1 amide bonds. The van der Waals surface area contributed by atoms with Crippen molar-refractivity contribution in [1.82, 2.24) is 5.32 Å². The lowest BCUT2D eigenvalue weighted by Crippen LogP contribution is -2.31. The van der Waals surface area contributed by atoms with E-state index in [0.29, 0.717) is 6.54 Å². The Labute approximate surface area is 108 Å². The van der Waals surface area contributed by atoms with E-state index in [9.17, 15) is 4.79 Å². The van der Waals surface area contributed by atoms with Crippen molar-refractivity contribution in [3.05, 3.63) is 35.4 Å². The third kappa shape index (κ3) is 3.57. The van der Waals surface area contributed by atoms with Gasteiger partial charge in [0.15, 0.2) is 0 Å². The number of aliphatic hydroxyl groups excluding tert-OH is 1. The van der Waals surface area contributed by atoms with E-state index in [0.717, 1.165) is 24.0 Å². The molecule has 3 heteroatoms.